The highest BCUT2D eigenvalue weighted by Gasteiger charge is 2.55. The maximum absolute atomic E-state index is 10.3. The number of aromatic nitrogens is 1. The summed E-state index contributed by atoms with van der Waals surface area (Å²) in [4.78, 5) is 12.0. The topological polar surface area (TPSA) is 42.8 Å². The van der Waals surface area contributed by atoms with Crippen LogP contribution in [0, 0.1) is 0 Å². The van der Waals surface area contributed by atoms with Gasteiger partial charge in [0.1, 0.15) is 0 Å². The van der Waals surface area contributed by atoms with Crippen molar-refractivity contribution in [2.75, 3.05) is 32.7 Å². The number of benzene rings is 1. The van der Waals surface area contributed by atoms with E-state index in [2.05, 4.69) is 56.1 Å². The summed E-state index contributed by atoms with van der Waals surface area (Å²) in [6, 6.07) is 15.4. The highest BCUT2D eigenvalue weighted by Crippen LogP contribution is 2.39. The van der Waals surface area contributed by atoms with Gasteiger partial charge in [0.15, 0.2) is 0 Å². The monoisotopic (exact) mass is 364 g/mol. The molecule has 2 aromatic rings. The number of rotatable bonds is 4. The second kappa shape index (κ2) is 6.99. The van der Waals surface area contributed by atoms with Gasteiger partial charge in [0.05, 0.1) is 11.6 Å². The van der Waals surface area contributed by atoms with Crippen molar-refractivity contribution in [3.05, 3.63) is 66.0 Å². The molecule has 0 radical (unpaired) electrons. The lowest BCUT2D eigenvalue weighted by molar-refractivity contribution is -0.118. The van der Waals surface area contributed by atoms with Gasteiger partial charge in [-0.25, -0.2) is 0 Å². The van der Waals surface area contributed by atoms with E-state index in [0.717, 1.165) is 52.2 Å². The van der Waals surface area contributed by atoms with Gasteiger partial charge in [-0.3, -0.25) is 19.7 Å². The van der Waals surface area contributed by atoms with Crippen LogP contribution in [0.4, 0.5) is 0 Å². The minimum absolute atomic E-state index is 0.173. The van der Waals surface area contributed by atoms with Crippen LogP contribution >= 0.6 is 0 Å². The maximum atomic E-state index is 10.3. The van der Waals surface area contributed by atoms with E-state index in [-0.39, 0.29) is 11.6 Å². The van der Waals surface area contributed by atoms with Crippen LogP contribution in [0.5, 0.6) is 0 Å². The molecule has 3 aliphatic heterocycles. The Hall–Kier alpha value is -1.79. The number of fused-ring (bicyclic) bond motifs is 2. The number of aliphatic hydroxyl groups is 1. The Bertz CT molecular complexity index is 762. The maximum Gasteiger partial charge on any atom is 0.0682 e. The number of pyridine rings is 1. The minimum atomic E-state index is -0.173. The molecule has 5 rings (SSSR count). The van der Waals surface area contributed by atoms with E-state index in [1.807, 2.05) is 18.5 Å². The van der Waals surface area contributed by atoms with Gasteiger partial charge in [-0.05, 0) is 23.6 Å². The summed E-state index contributed by atoms with van der Waals surface area (Å²) in [5.74, 6) is 0. The van der Waals surface area contributed by atoms with E-state index < -0.39 is 0 Å². The zero-order chi connectivity index (χ0) is 18.3. The third-order valence-corrected chi connectivity index (χ3v) is 6.40. The highest BCUT2D eigenvalue weighted by molar-refractivity contribution is 5.19. The summed E-state index contributed by atoms with van der Waals surface area (Å²) in [5.41, 5.74) is 2.85. The Morgan fingerprint density at radius 1 is 0.926 bits per heavy atom. The number of hydrogen-bond donors (Lipinski definition) is 1. The zero-order valence-electron chi connectivity index (χ0n) is 15.7. The Kier molecular flexibility index (Phi) is 4.48. The molecule has 2 atom stereocenters. The quantitative estimate of drug-likeness (QED) is 0.892. The summed E-state index contributed by atoms with van der Waals surface area (Å²) < 4.78 is 0. The molecular formula is C22H28N4O. The van der Waals surface area contributed by atoms with Crippen LogP contribution in [0.1, 0.15) is 17.5 Å². The molecule has 1 aromatic heterocycles. The number of aliphatic hydroxyl groups excluding tert-OH is 1. The molecule has 0 unspecified atom stereocenters. The van der Waals surface area contributed by atoms with Gasteiger partial charge in [0.2, 0.25) is 0 Å². The SMILES string of the molecule is O[C@@H]1C[C@H]2CN(Cc3cccnc3)CC3(CN(Cc4ccccc4)C3)N2C1. The van der Waals surface area contributed by atoms with Crippen LogP contribution in [-0.2, 0) is 13.1 Å². The van der Waals surface area contributed by atoms with Gasteiger partial charge < -0.3 is 5.11 Å². The van der Waals surface area contributed by atoms with Crippen molar-refractivity contribution in [3.8, 4) is 0 Å². The Labute approximate surface area is 161 Å². The van der Waals surface area contributed by atoms with Crippen molar-refractivity contribution in [2.24, 2.45) is 0 Å². The second-order valence-electron chi connectivity index (χ2n) is 8.58. The lowest BCUT2D eigenvalue weighted by Gasteiger charge is -2.61. The third kappa shape index (κ3) is 3.41. The van der Waals surface area contributed by atoms with Crippen LogP contribution in [-0.4, -0.2) is 75.2 Å². The predicted octanol–water partition coefficient (Wildman–Crippen LogP) is 1.59. The summed E-state index contributed by atoms with van der Waals surface area (Å²) >= 11 is 0. The Balaban J connectivity index is 1.30. The second-order valence-corrected chi connectivity index (χ2v) is 8.58. The van der Waals surface area contributed by atoms with E-state index in [1.54, 1.807) is 0 Å². The molecule has 5 heteroatoms. The van der Waals surface area contributed by atoms with E-state index >= 15 is 0 Å². The molecule has 4 heterocycles. The first kappa shape index (κ1) is 17.3. The van der Waals surface area contributed by atoms with Crippen LogP contribution in [0.3, 0.4) is 0 Å². The molecule has 3 fully saturated rings. The van der Waals surface area contributed by atoms with Crippen molar-refractivity contribution in [1.82, 2.24) is 19.7 Å². The fourth-order valence-electron chi connectivity index (χ4n) is 5.41. The predicted molar refractivity (Wildman–Crippen MR) is 105 cm³/mol. The summed E-state index contributed by atoms with van der Waals surface area (Å²) in [6.45, 7) is 7.12. The van der Waals surface area contributed by atoms with Crippen LogP contribution in [0.2, 0.25) is 0 Å². The molecule has 0 bridgehead atoms. The molecular weight excluding hydrogens is 336 g/mol. The summed E-state index contributed by atoms with van der Waals surface area (Å²) in [5, 5.41) is 10.3. The summed E-state index contributed by atoms with van der Waals surface area (Å²) in [6.07, 6.45) is 4.55. The number of β-amino-alcohol motifs (C(OH)–C–C–N with tert-alkyl or cyclic N) is 1. The minimum Gasteiger partial charge on any atom is -0.392 e. The van der Waals surface area contributed by atoms with Crippen LogP contribution in [0.25, 0.3) is 0 Å². The van der Waals surface area contributed by atoms with Gasteiger partial charge in [0.25, 0.3) is 0 Å². The number of likely N-dealkylation sites (tertiary alicyclic amines) is 1. The molecule has 0 saturated carbocycles. The molecule has 5 nitrogen and oxygen atoms in total. The van der Waals surface area contributed by atoms with E-state index in [4.69, 9.17) is 0 Å². The molecule has 3 saturated heterocycles. The van der Waals surface area contributed by atoms with Crippen molar-refractivity contribution in [2.45, 2.75) is 37.2 Å². The first-order chi connectivity index (χ1) is 13.2. The van der Waals surface area contributed by atoms with Gasteiger partial charge in [-0.2, -0.15) is 0 Å². The third-order valence-electron chi connectivity index (χ3n) is 6.40. The summed E-state index contributed by atoms with van der Waals surface area (Å²) in [7, 11) is 0. The lowest BCUT2D eigenvalue weighted by atomic mass is 9.83. The smallest absolute Gasteiger partial charge is 0.0682 e. The highest BCUT2D eigenvalue weighted by atomic mass is 16.3. The molecule has 0 amide bonds. The average Bonchev–Trinajstić information content (AvgIpc) is 3.03. The van der Waals surface area contributed by atoms with E-state index in [0.29, 0.717) is 6.04 Å². The molecule has 3 aliphatic rings. The molecule has 27 heavy (non-hydrogen) atoms. The average molecular weight is 364 g/mol. The van der Waals surface area contributed by atoms with E-state index in [1.165, 1.54) is 11.1 Å². The fraction of sp³-hybridized carbons (Fsp3) is 0.500. The molecule has 1 aromatic carbocycles. The van der Waals surface area contributed by atoms with Gasteiger partial charge in [-0.15, -0.1) is 0 Å². The fourth-order valence-corrected chi connectivity index (χ4v) is 5.41. The van der Waals surface area contributed by atoms with Crippen molar-refractivity contribution in [1.29, 1.82) is 0 Å². The molecule has 1 N–H and O–H groups in total. The molecule has 0 aliphatic carbocycles. The van der Waals surface area contributed by atoms with E-state index in [9.17, 15) is 5.11 Å². The first-order valence-corrected chi connectivity index (χ1v) is 10.0. The number of piperazine rings is 1. The number of nitrogens with zero attached hydrogens (tertiary/aromatic N) is 4. The first-order valence-electron chi connectivity index (χ1n) is 10.0. The molecule has 1 spiro atoms. The van der Waals surface area contributed by atoms with Crippen molar-refractivity contribution >= 4 is 0 Å². The van der Waals surface area contributed by atoms with Crippen LogP contribution in [0.15, 0.2) is 54.9 Å². The Morgan fingerprint density at radius 3 is 2.44 bits per heavy atom. The number of hydrogen-bond acceptors (Lipinski definition) is 5. The Morgan fingerprint density at radius 2 is 1.67 bits per heavy atom. The normalized spacial score (nSPS) is 28.2. The van der Waals surface area contributed by atoms with Gasteiger partial charge >= 0.3 is 0 Å². The van der Waals surface area contributed by atoms with Crippen LogP contribution < -0.4 is 0 Å². The standard InChI is InChI=1S/C22H28N4O/c27-21-9-20-13-24(12-19-7-4-8-23-10-19)15-22(26(20)14-21)16-25(17-22)11-18-5-2-1-3-6-18/h1-8,10,20-21,27H,9,11-17H2/t20-,21+/m0/s1. The van der Waals surface area contributed by atoms with Crippen molar-refractivity contribution in [3.63, 3.8) is 0 Å². The van der Waals surface area contributed by atoms with Gasteiger partial charge in [-0.1, -0.05) is 36.4 Å². The van der Waals surface area contributed by atoms with Gasteiger partial charge in [0, 0.05) is 64.2 Å². The zero-order valence-corrected chi connectivity index (χ0v) is 15.7. The molecule has 142 valence electrons. The lowest BCUT2D eigenvalue weighted by Crippen LogP contribution is -2.77. The largest absolute Gasteiger partial charge is 0.392 e. The van der Waals surface area contributed by atoms with Crippen molar-refractivity contribution < 1.29 is 5.11 Å².